The molecule has 0 saturated heterocycles. The van der Waals surface area contributed by atoms with Gasteiger partial charge in [-0.1, -0.05) is 31.1 Å². The average molecular weight is 240 g/mol. The number of hydrogen-bond acceptors (Lipinski definition) is 2. The molecule has 0 radical (unpaired) electrons. The quantitative estimate of drug-likeness (QED) is 0.454. The van der Waals surface area contributed by atoms with E-state index in [0.717, 1.165) is 24.7 Å². The molecular weight excluding hydrogens is 216 g/mol. The van der Waals surface area contributed by atoms with Gasteiger partial charge in [-0.3, -0.25) is 9.59 Å². The van der Waals surface area contributed by atoms with Crippen molar-refractivity contribution in [2.45, 2.75) is 47.5 Å². The third-order valence-electron chi connectivity index (χ3n) is 1.94. The van der Waals surface area contributed by atoms with Gasteiger partial charge >= 0.3 is 5.97 Å². The minimum Gasteiger partial charge on any atom is -0.481 e. The summed E-state index contributed by atoms with van der Waals surface area (Å²) in [7, 11) is 0. The first-order chi connectivity index (χ1) is 7.81. The first-order valence-electron chi connectivity index (χ1n) is 5.78. The fraction of sp³-hybridized carbons (Fsp3) is 0.571. The summed E-state index contributed by atoms with van der Waals surface area (Å²) in [5.41, 5.74) is 2.49. The molecule has 0 aliphatic rings. The second kappa shape index (κ2) is 11.1. The predicted molar refractivity (Wildman–Crippen MR) is 71.0 cm³/mol. The van der Waals surface area contributed by atoms with Crippen molar-refractivity contribution in [2.24, 2.45) is 5.92 Å². The summed E-state index contributed by atoms with van der Waals surface area (Å²) in [6.07, 6.45) is 6.68. The molecule has 0 aromatic heterocycles. The van der Waals surface area contributed by atoms with E-state index in [1.54, 1.807) is 19.9 Å². The highest BCUT2D eigenvalue weighted by atomic mass is 16.4. The number of carbonyl (C=O) groups excluding carboxylic acids is 1. The summed E-state index contributed by atoms with van der Waals surface area (Å²) < 4.78 is 0. The normalized spacial score (nSPS) is 10.4. The lowest BCUT2D eigenvalue weighted by Crippen LogP contribution is -2.03. The zero-order chi connectivity index (χ0) is 13.8. The molecule has 0 aliphatic heterocycles. The van der Waals surface area contributed by atoms with Gasteiger partial charge in [-0.15, -0.1) is 0 Å². The Kier molecular flexibility index (Phi) is 11.8. The first-order valence-corrected chi connectivity index (χ1v) is 5.78. The number of hydrogen-bond donors (Lipinski definition) is 1. The molecule has 1 N–H and O–H groups in total. The molecule has 17 heavy (non-hydrogen) atoms. The van der Waals surface area contributed by atoms with Gasteiger partial charge in [0, 0.05) is 0 Å². The van der Waals surface area contributed by atoms with E-state index in [1.165, 1.54) is 5.57 Å². The summed E-state index contributed by atoms with van der Waals surface area (Å²) in [4.78, 5) is 19.7. The van der Waals surface area contributed by atoms with Crippen LogP contribution in [0, 0.1) is 5.92 Å². The molecule has 0 aromatic carbocycles. The number of carbonyl (C=O) groups is 2. The van der Waals surface area contributed by atoms with Gasteiger partial charge in [0.15, 0.2) is 0 Å². The number of rotatable bonds is 5. The lowest BCUT2D eigenvalue weighted by molar-refractivity contribution is -0.140. The monoisotopic (exact) mass is 240 g/mol. The Bertz CT molecular complexity index is 282. The van der Waals surface area contributed by atoms with Gasteiger partial charge in [0.2, 0.25) is 0 Å². The third-order valence-corrected chi connectivity index (χ3v) is 1.94. The highest BCUT2D eigenvalue weighted by Gasteiger charge is 1.99. The summed E-state index contributed by atoms with van der Waals surface area (Å²) in [5, 5.41) is 7.99. The molecule has 0 fully saturated rings. The second-order valence-corrected chi connectivity index (χ2v) is 4.46. The largest absolute Gasteiger partial charge is 0.481 e. The number of aliphatic carboxylic acids is 1. The maximum absolute atomic E-state index is 10.0. The maximum Gasteiger partial charge on any atom is 0.305 e. The number of aldehydes is 1. The Morgan fingerprint density at radius 1 is 1.24 bits per heavy atom. The van der Waals surface area contributed by atoms with Crippen LogP contribution in [0.15, 0.2) is 23.3 Å². The molecule has 3 nitrogen and oxygen atoms in total. The van der Waals surface area contributed by atoms with Crippen LogP contribution < -0.4 is 0 Å². The fourth-order valence-electron chi connectivity index (χ4n) is 0.788. The first kappa shape index (κ1) is 18.0. The van der Waals surface area contributed by atoms with Crippen LogP contribution in [0.25, 0.3) is 0 Å². The molecule has 0 atom stereocenters. The minimum atomic E-state index is -0.741. The van der Waals surface area contributed by atoms with E-state index >= 15 is 0 Å². The average Bonchev–Trinajstić information content (AvgIpc) is 2.18. The minimum absolute atomic E-state index is 0.231. The van der Waals surface area contributed by atoms with Crippen LogP contribution in [0.3, 0.4) is 0 Å². The van der Waals surface area contributed by atoms with Crippen LogP contribution in [0.2, 0.25) is 0 Å². The molecule has 98 valence electrons. The van der Waals surface area contributed by atoms with Crippen molar-refractivity contribution in [3.8, 4) is 0 Å². The van der Waals surface area contributed by atoms with E-state index in [4.69, 9.17) is 5.11 Å². The van der Waals surface area contributed by atoms with E-state index < -0.39 is 5.97 Å². The van der Waals surface area contributed by atoms with E-state index in [9.17, 15) is 9.59 Å². The van der Waals surface area contributed by atoms with E-state index in [0.29, 0.717) is 0 Å². The van der Waals surface area contributed by atoms with Crippen molar-refractivity contribution in [2.75, 3.05) is 0 Å². The number of carboxylic acids is 1. The van der Waals surface area contributed by atoms with Crippen molar-refractivity contribution in [1.29, 1.82) is 0 Å². The molecule has 0 saturated carbocycles. The Balaban J connectivity index is 0. The Labute approximate surface area is 104 Å². The zero-order valence-electron chi connectivity index (χ0n) is 11.5. The van der Waals surface area contributed by atoms with Crippen molar-refractivity contribution >= 4 is 12.3 Å². The van der Waals surface area contributed by atoms with Crippen LogP contribution in [0.5, 0.6) is 0 Å². The van der Waals surface area contributed by atoms with Crippen LogP contribution in [-0.4, -0.2) is 17.4 Å². The van der Waals surface area contributed by atoms with Crippen molar-refractivity contribution in [3.05, 3.63) is 23.3 Å². The van der Waals surface area contributed by atoms with Crippen molar-refractivity contribution < 1.29 is 14.7 Å². The lowest BCUT2D eigenvalue weighted by atomic mass is 10.1. The SMILES string of the molecule is CC(C)=CCC/C(C)=C\C=O.CC(C)C(=O)O. The molecule has 0 bridgehead atoms. The summed E-state index contributed by atoms with van der Waals surface area (Å²) >= 11 is 0. The van der Waals surface area contributed by atoms with Crippen LogP contribution in [-0.2, 0) is 9.59 Å². The number of carboxylic acid groups (broad SMARTS) is 1. The van der Waals surface area contributed by atoms with Gasteiger partial charge in [0.25, 0.3) is 0 Å². The maximum atomic E-state index is 10.0. The molecule has 0 heterocycles. The molecular formula is C14H24O3. The van der Waals surface area contributed by atoms with Gasteiger partial charge in [-0.2, -0.15) is 0 Å². The Morgan fingerprint density at radius 2 is 1.71 bits per heavy atom. The number of allylic oxidation sites excluding steroid dienone is 4. The Hall–Kier alpha value is -1.38. The summed E-state index contributed by atoms with van der Waals surface area (Å²) in [6.45, 7) is 9.43. The molecule has 0 amide bonds. The van der Waals surface area contributed by atoms with Gasteiger partial charge < -0.3 is 5.11 Å². The molecule has 0 spiro atoms. The predicted octanol–water partition coefficient (Wildman–Crippen LogP) is 3.61. The summed E-state index contributed by atoms with van der Waals surface area (Å²) in [5.74, 6) is -0.972. The molecule has 0 aromatic rings. The fourth-order valence-corrected chi connectivity index (χ4v) is 0.788. The highest BCUT2D eigenvalue weighted by Crippen LogP contribution is 2.05. The van der Waals surface area contributed by atoms with Gasteiger partial charge in [-0.05, 0) is 39.7 Å². The van der Waals surface area contributed by atoms with E-state index in [-0.39, 0.29) is 5.92 Å². The topological polar surface area (TPSA) is 54.4 Å². The molecule has 0 aliphatic carbocycles. The standard InChI is InChI=1S/C10H16O.C4H8O2/c1-9(2)5-4-6-10(3)7-8-11;1-3(2)4(5)6/h5,7-8H,4,6H2,1-3H3;3H,1-2H3,(H,5,6)/b10-7-;. The molecule has 0 rings (SSSR count). The smallest absolute Gasteiger partial charge is 0.305 e. The Morgan fingerprint density at radius 3 is 2.00 bits per heavy atom. The lowest BCUT2D eigenvalue weighted by Gasteiger charge is -1.94. The van der Waals surface area contributed by atoms with Crippen LogP contribution in [0.4, 0.5) is 0 Å². The molecule has 0 unspecified atom stereocenters. The zero-order valence-corrected chi connectivity index (χ0v) is 11.5. The summed E-state index contributed by atoms with van der Waals surface area (Å²) in [6, 6.07) is 0. The van der Waals surface area contributed by atoms with Crippen molar-refractivity contribution in [3.63, 3.8) is 0 Å². The van der Waals surface area contributed by atoms with Crippen LogP contribution in [0.1, 0.15) is 47.5 Å². The highest BCUT2D eigenvalue weighted by molar-refractivity contribution is 5.68. The van der Waals surface area contributed by atoms with Gasteiger partial charge in [0.1, 0.15) is 6.29 Å². The third kappa shape index (κ3) is 17.2. The van der Waals surface area contributed by atoms with Crippen molar-refractivity contribution in [1.82, 2.24) is 0 Å². The molecule has 3 heteroatoms. The van der Waals surface area contributed by atoms with E-state index in [1.807, 2.05) is 6.92 Å². The van der Waals surface area contributed by atoms with E-state index in [2.05, 4.69) is 19.9 Å². The second-order valence-electron chi connectivity index (χ2n) is 4.46. The van der Waals surface area contributed by atoms with Gasteiger partial charge in [0.05, 0.1) is 5.92 Å². The van der Waals surface area contributed by atoms with Crippen LogP contribution >= 0.6 is 0 Å². The van der Waals surface area contributed by atoms with Gasteiger partial charge in [-0.25, -0.2) is 0 Å².